The summed E-state index contributed by atoms with van der Waals surface area (Å²) in [5, 5.41) is 4.53. The van der Waals surface area contributed by atoms with Crippen LogP contribution in [0.15, 0.2) is 30.6 Å². The molecule has 0 bridgehead atoms. The maximum absolute atomic E-state index is 13.5. The van der Waals surface area contributed by atoms with E-state index in [0.29, 0.717) is 11.1 Å². The number of methoxy groups -OCH3 is 1. The summed E-state index contributed by atoms with van der Waals surface area (Å²) in [5.41, 5.74) is 5.09. The maximum Gasteiger partial charge on any atom is 0.198 e. The second kappa shape index (κ2) is 6.81. The van der Waals surface area contributed by atoms with Crippen LogP contribution in [0.25, 0.3) is 22.0 Å². The Morgan fingerprint density at radius 2 is 2.10 bits per heavy atom. The van der Waals surface area contributed by atoms with E-state index >= 15 is 0 Å². The topological polar surface area (TPSA) is 67.4 Å². The number of rotatable bonds is 4. The average molecular weight is 388 g/mol. The number of nitrogens with zero attached hydrogens (tertiary/aromatic N) is 3. The molecule has 1 unspecified atom stereocenters. The summed E-state index contributed by atoms with van der Waals surface area (Å²) < 4.78 is 5.54. The van der Waals surface area contributed by atoms with Crippen LogP contribution in [0.2, 0.25) is 0 Å². The Hall–Kier alpha value is -2.99. The van der Waals surface area contributed by atoms with Crippen molar-refractivity contribution in [1.82, 2.24) is 15.3 Å². The molecule has 1 fully saturated rings. The Balaban J connectivity index is 1.87. The Morgan fingerprint density at radius 1 is 1.24 bits per heavy atom. The smallest absolute Gasteiger partial charge is 0.198 e. The molecule has 6 nitrogen and oxygen atoms in total. The molecular formula is C23H24N4O2. The quantitative estimate of drug-likeness (QED) is 0.575. The molecule has 1 atom stereocenters. The van der Waals surface area contributed by atoms with E-state index in [1.54, 1.807) is 19.5 Å². The van der Waals surface area contributed by atoms with E-state index in [9.17, 15) is 4.79 Å². The lowest BCUT2D eigenvalue weighted by Crippen LogP contribution is -2.43. The number of ether oxygens (including phenoxy) is 1. The summed E-state index contributed by atoms with van der Waals surface area (Å²) in [4.78, 5) is 25.1. The van der Waals surface area contributed by atoms with Gasteiger partial charge in [-0.15, -0.1) is 0 Å². The molecule has 6 heteroatoms. The zero-order valence-corrected chi connectivity index (χ0v) is 17.0. The van der Waals surface area contributed by atoms with Crippen molar-refractivity contribution in [2.24, 2.45) is 0 Å². The van der Waals surface area contributed by atoms with Crippen LogP contribution < -0.4 is 15.0 Å². The first-order chi connectivity index (χ1) is 14.2. The number of aromatic nitrogens is 2. The van der Waals surface area contributed by atoms with Crippen LogP contribution in [-0.4, -0.2) is 42.1 Å². The Labute approximate surface area is 169 Å². The number of nitrogens with one attached hydrogen (secondary N) is 1. The van der Waals surface area contributed by atoms with Gasteiger partial charge in [0, 0.05) is 46.6 Å². The molecule has 0 amide bonds. The summed E-state index contributed by atoms with van der Waals surface area (Å²) in [5.74, 6) is 1.59. The fraction of sp³-hybridized carbons (Fsp3) is 0.348. The summed E-state index contributed by atoms with van der Waals surface area (Å²) in [6.07, 6.45) is 5.84. The van der Waals surface area contributed by atoms with Crippen LogP contribution in [0.4, 0.5) is 5.82 Å². The van der Waals surface area contributed by atoms with Gasteiger partial charge < -0.3 is 9.64 Å². The standard InChI is InChI=1S/C23H24N4O2/c1-4-27(18-6-5-10-25-18)23-20-19(16-12-24-11-9-14(16)22(20)28)15-7-8-17(29-3)13(2)21(15)26-23/h7-9,11-12,18,25H,4-6,10H2,1-3H3. The van der Waals surface area contributed by atoms with E-state index in [4.69, 9.17) is 9.72 Å². The SMILES string of the molecule is CCN(c1nc2c(C)c(OC)ccc2c2c1C(=O)c1ccncc1-2)C1CCCN1. The highest BCUT2D eigenvalue weighted by atomic mass is 16.5. The minimum atomic E-state index is 0.0340. The first-order valence-electron chi connectivity index (χ1n) is 10.2. The van der Waals surface area contributed by atoms with Gasteiger partial charge in [-0.3, -0.25) is 15.1 Å². The highest BCUT2D eigenvalue weighted by Gasteiger charge is 2.36. The van der Waals surface area contributed by atoms with Crippen molar-refractivity contribution in [2.45, 2.75) is 32.9 Å². The van der Waals surface area contributed by atoms with Crippen LogP contribution in [-0.2, 0) is 0 Å². The van der Waals surface area contributed by atoms with Crippen molar-refractivity contribution >= 4 is 22.5 Å². The van der Waals surface area contributed by atoms with Crippen molar-refractivity contribution in [3.63, 3.8) is 0 Å². The van der Waals surface area contributed by atoms with Gasteiger partial charge in [-0.2, -0.15) is 0 Å². The lowest BCUT2D eigenvalue weighted by atomic mass is 9.99. The Bertz CT molecular complexity index is 1140. The van der Waals surface area contributed by atoms with Gasteiger partial charge >= 0.3 is 0 Å². The molecule has 5 rings (SSSR count). The van der Waals surface area contributed by atoms with Gasteiger partial charge in [-0.05, 0) is 51.4 Å². The fourth-order valence-electron chi connectivity index (χ4n) is 4.74. The number of hydrogen-bond acceptors (Lipinski definition) is 6. The maximum atomic E-state index is 13.5. The van der Waals surface area contributed by atoms with Gasteiger partial charge in [0.05, 0.1) is 24.4 Å². The van der Waals surface area contributed by atoms with Crippen LogP contribution in [0.1, 0.15) is 41.3 Å². The van der Waals surface area contributed by atoms with Crippen LogP contribution in [0.3, 0.4) is 0 Å². The van der Waals surface area contributed by atoms with Crippen molar-refractivity contribution < 1.29 is 9.53 Å². The molecule has 1 aliphatic heterocycles. The molecular weight excluding hydrogens is 364 g/mol. The van der Waals surface area contributed by atoms with Crippen molar-refractivity contribution in [1.29, 1.82) is 0 Å². The van der Waals surface area contributed by atoms with Gasteiger partial charge in [0.1, 0.15) is 11.6 Å². The molecule has 3 aromatic rings. The van der Waals surface area contributed by atoms with Gasteiger partial charge in [-0.1, -0.05) is 0 Å². The highest BCUT2D eigenvalue weighted by molar-refractivity contribution is 6.28. The first kappa shape index (κ1) is 18.1. The lowest BCUT2D eigenvalue weighted by molar-refractivity contribution is 0.104. The van der Waals surface area contributed by atoms with E-state index in [2.05, 4.69) is 22.1 Å². The number of hydrogen-bond donors (Lipinski definition) is 1. The van der Waals surface area contributed by atoms with E-state index in [0.717, 1.165) is 65.1 Å². The molecule has 0 spiro atoms. The van der Waals surface area contributed by atoms with E-state index in [1.807, 2.05) is 25.1 Å². The molecule has 1 N–H and O–H groups in total. The highest BCUT2D eigenvalue weighted by Crippen LogP contribution is 2.46. The third-order valence-electron chi connectivity index (χ3n) is 6.15. The number of aryl methyl sites for hydroxylation is 1. The number of ketones is 1. The third-order valence-corrected chi connectivity index (χ3v) is 6.15. The molecule has 29 heavy (non-hydrogen) atoms. The zero-order valence-electron chi connectivity index (χ0n) is 17.0. The largest absolute Gasteiger partial charge is 0.496 e. The minimum Gasteiger partial charge on any atom is -0.496 e. The predicted octanol–water partition coefficient (Wildman–Crippen LogP) is 3.69. The average Bonchev–Trinajstić information content (AvgIpc) is 3.37. The number of benzene rings is 1. The van der Waals surface area contributed by atoms with Crippen molar-refractivity contribution in [3.05, 3.63) is 47.3 Å². The molecule has 1 saturated heterocycles. The molecule has 2 aromatic heterocycles. The number of carbonyl (C=O) groups excluding carboxylic acids is 1. The summed E-state index contributed by atoms with van der Waals surface area (Å²) >= 11 is 0. The normalized spacial score (nSPS) is 17.5. The molecule has 3 heterocycles. The third kappa shape index (κ3) is 2.55. The first-order valence-corrected chi connectivity index (χ1v) is 10.2. The monoisotopic (exact) mass is 388 g/mol. The van der Waals surface area contributed by atoms with Crippen molar-refractivity contribution in [3.8, 4) is 16.9 Å². The van der Waals surface area contributed by atoms with Crippen LogP contribution in [0.5, 0.6) is 5.75 Å². The van der Waals surface area contributed by atoms with Gasteiger partial charge in [-0.25, -0.2) is 4.98 Å². The summed E-state index contributed by atoms with van der Waals surface area (Å²) in [6.45, 7) is 5.90. The Kier molecular flexibility index (Phi) is 4.24. The van der Waals surface area contributed by atoms with Crippen LogP contribution >= 0.6 is 0 Å². The van der Waals surface area contributed by atoms with Crippen molar-refractivity contribution in [2.75, 3.05) is 25.1 Å². The zero-order chi connectivity index (χ0) is 20.1. The van der Waals surface area contributed by atoms with Crippen LogP contribution in [0, 0.1) is 6.92 Å². The molecule has 2 aliphatic rings. The summed E-state index contributed by atoms with van der Waals surface area (Å²) in [7, 11) is 1.67. The number of anilines is 1. The Morgan fingerprint density at radius 3 is 2.83 bits per heavy atom. The lowest BCUT2D eigenvalue weighted by Gasteiger charge is -2.31. The molecule has 1 aromatic carbocycles. The van der Waals surface area contributed by atoms with Gasteiger partial charge in [0.2, 0.25) is 0 Å². The predicted molar refractivity (Wildman–Crippen MR) is 114 cm³/mol. The number of pyridine rings is 2. The second-order valence-electron chi connectivity index (χ2n) is 7.62. The number of fused-ring (bicyclic) bond motifs is 5. The number of carbonyl (C=O) groups is 1. The summed E-state index contributed by atoms with van der Waals surface area (Å²) in [6, 6.07) is 5.78. The molecule has 0 saturated carbocycles. The van der Waals surface area contributed by atoms with Gasteiger partial charge in [0.15, 0.2) is 5.78 Å². The second-order valence-corrected chi connectivity index (χ2v) is 7.62. The van der Waals surface area contributed by atoms with Gasteiger partial charge in [0.25, 0.3) is 0 Å². The molecule has 148 valence electrons. The molecule has 0 radical (unpaired) electrons. The van der Waals surface area contributed by atoms with E-state index in [-0.39, 0.29) is 11.9 Å². The van der Waals surface area contributed by atoms with E-state index in [1.165, 1.54) is 0 Å². The fourth-order valence-corrected chi connectivity index (χ4v) is 4.74. The minimum absolute atomic E-state index is 0.0340. The molecule has 1 aliphatic carbocycles. The van der Waals surface area contributed by atoms with E-state index < -0.39 is 0 Å².